The van der Waals surface area contributed by atoms with Gasteiger partial charge in [0.2, 0.25) is 11.7 Å². The number of nitrogens with one attached hydrogen (secondary N) is 1. The van der Waals surface area contributed by atoms with E-state index >= 15 is 0 Å². The first-order valence-corrected chi connectivity index (χ1v) is 15.2. The number of rotatable bonds is 6. The van der Waals surface area contributed by atoms with Gasteiger partial charge in [-0.25, -0.2) is 24.5 Å². The molecule has 0 spiro atoms. The largest absolute Gasteiger partial charge is 0.490 e. The van der Waals surface area contributed by atoms with E-state index in [9.17, 15) is 44.8 Å². The smallest absolute Gasteiger partial charge is 0.475 e. The van der Waals surface area contributed by atoms with Gasteiger partial charge in [-0.2, -0.15) is 60.1 Å². The van der Waals surface area contributed by atoms with Crippen molar-refractivity contribution in [2.75, 3.05) is 13.1 Å². The van der Waals surface area contributed by atoms with E-state index in [-0.39, 0.29) is 23.7 Å². The van der Waals surface area contributed by atoms with Gasteiger partial charge < -0.3 is 19.9 Å². The number of hydrogen-bond donors (Lipinski definition) is 3. The number of aromatic amines is 1. The average Bonchev–Trinajstić information content (AvgIpc) is 3.77. The minimum atomic E-state index is -5.08. The Morgan fingerprint density at radius 3 is 2.11 bits per heavy atom. The fourth-order valence-electron chi connectivity index (χ4n) is 5.63. The quantitative estimate of drug-likeness (QED) is 0.218. The van der Waals surface area contributed by atoms with E-state index in [2.05, 4.69) is 41.0 Å². The number of aliphatic carboxylic acids is 2. The highest BCUT2D eigenvalue weighted by Gasteiger charge is 2.48. The molecular weight excluding hydrogens is 751 g/mol. The van der Waals surface area contributed by atoms with Crippen LogP contribution in [-0.4, -0.2) is 99.3 Å². The molecule has 15 nitrogen and oxygen atoms in total. The molecule has 0 bridgehead atoms. The molecule has 1 aliphatic heterocycles. The van der Waals surface area contributed by atoms with E-state index < -0.39 is 41.8 Å². The molecule has 288 valence electrons. The lowest BCUT2D eigenvalue weighted by Gasteiger charge is -2.53. The number of nitrogens with zero attached hydrogens (tertiary/aromatic N) is 9. The minimum absolute atomic E-state index is 0.241. The van der Waals surface area contributed by atoms with E-state index in [1.54, 1.807) is 12.3 Å². The van der Waals surface area contributed by atoms with Crippen molar-refractivity contribution in [3.63, 3.8) is 0 Å². The Morgan fingerprint density at radius 1 is 0.963 bits per heavy atom. The number of H-pyrrole nitrogens is 1. The van der Waals surface area contributed by atoms with Crippen molar-refractivity contribution in [1.29, 1.82) is 10.5 Å². The molecule has 0 amide bonds. The minimum Gasteiger partial charge on any atom is -0.475 e. The number of aromatic nitrogens is 7. The van der Waals surface area contributed by atoms with Gasteiger partial charge in [0.25, 0.3) is 0 Å². The third kappa shape index (κ3) is 9.88. The van der Waals surface area contributed by atoms with Crippen molar-refractivity contribution in [3.05, 3.63) is 48.6 Å². The predicted molar refractivity (Wildman–Crippen MR) is 161 cm³/mol. The van der Waals surface area contributed by atoms with Crippen LogP contribution in [0.1, 0.15) is 43.6 Å². The third-order valence-corrected chi connectivity index (χ3v) is 8.10. The lowest BCUT2D eigenvalue weighted by atomic mass is 9.82. The molecule has 4 aromatic heterocycles. The van der Waals surface area contributed by atoms with Gasteiger partial charge in [-0.1, -0.05) is 0 Å². The van der Waals surface area contributed by atoms with Gasteiger partial charge in [0.1, 0.15) is 35.4 Å². The van der Waals surface area contributed by atoms with Crippen LogP contribution in [0.25, 0.3) is 22.3 Å². The van der Waals surface area contributed by atoms with Crippen LogP contribution < -0.4 is 4.74 Å². The topological polar surface area (TPSA) is 220 Å². The maximum atomic E-state index is 13.1. The van der Waals surface area contributed by atoms with E-state index in [1.807, 2.05) is 23.1 Å². The van der Waals surface area contributed by atoms with Gasteiger partial charge in [-0.05, 0) is 31.7 Å². The number of alkyl halides is 9. The monoisotopic (exact) mass is 776 g/mol. The number of likely N-dealkylation sites (tertiary alicyclic amines) is 1. The summed E-state index contributed by atoms with van der Waals surface area (Å²) in [7, 11) is 0. The van der Waals surface area contributed by atoms with Crippen molar-refractivity contribution in [2.45, 2.75) is 68.3 Å². The molecule has 0 aromatic carbocycles. The molecule has 3 N–H and O–H groups in total. The number of fused-ring (bicyclic) bond motifs is 1. The number of carbonyl (C=O) groups is 2. The molecule has 1 saturated carbocycles. The summed E-state index contributed by atoms with van der Waals surface area (Å²) in [6.45, 7) is 1.32. The van der Waals surface area contributed by atoms with Crippen LogP contribution in [-0.2, 0) is 21.3 Å². The van der Waals surface area contributed by atoms with Crippen molar-refractivity contribution < 1.29 is 64.1 Å². The summed E-state index contributed by atoms with van der Waals surface area (Å²) < 4.78 is 110. The lowest BCUT2D eigenvalue weighted by Crippen LogP contribution is -2.65. The number of carboxylic acids is 2. The summed E-state index contributed by atoms with van der Waals surface area (Å²) in [6, 6.07) is 7.25. The third-order valence-electron chi connectivity index (χ3n) is 8.10. The second-order valence-electron chi connectivity index (χ2n) is 11.8. The number of halogens is 9. The zero-order chi connectivity index (χ0) is 40.1. The molecule has 0 radical (unpaired) electrons. The molecule has 0 atom stereocenters. The SMILES string of the molecule is N#CCC1(n2cc(-c3ncnc4[nH]ccc34)cn2)CN(C2CCC(Oc3cc(C#N)nc(C(F)(F)F)n3)CC2)C1.O=C(O)C(F)(F)F.O=C(O)C(F)(F)F. The molecule has 0 unspecified atom stereocenters. The molecule has 54 heavy (non-hydrogen) atoms. The molecule has 4 aromatic rings. The Balaban J connectivity index is 0.000000396. The fourth-order valence-corrected chi connectivity index (χ4v) is 5.63. The molecule has 6 rings (SSSR count). The van der Waals surface area contributed by atoms with Gasteiger partial charge in [0.15, 0.2) is 0 Å². The summed E-state index contributed by atoms with van der Waals surface area (Å²) in [5.41, 5.74) is 1.52. The molecular formula is C30H25F9N10O5. The summed E-state index contributed by atoms with van der Waals surface area (Å²) in [6.07, 6.45) is -5.10. The summed E-state index contributed by atoms with van der Waals surface area (Å²) in [4.78, 5) is 38.6. The van der Waals surface area contributed by atoms with E-state index in [1.165, 1.54) is 6.33 Å². The van der Waals surface area contributed by atoms with Gasteiger partial charge >= 0.3 is 30.5 Å². The van der Waals surface area contributed by atoms with Crippen LogP contribution in [0.3, 0.4) is 0 Å². The zero-order valence-electron chi connectivity index (χ0n) is 27.1. The Kier molecular flexibility index (Phi) is 12.0. The normalized spacial score (nSPS) is 18.4. The summed E-state index contributed by atoms with van der Waals surface area (Å²) in [5, 5.41) is 38.4. The van der Waals surface area contributed by atoms with Crippen molar-refractivity contribution >= 4 is 23.0 Å². The van der Waals surface area contributed by atoms with Crippen molar-refractivity contribution in [3.8, 4) is 29.3 Å². The van der Waals surface area contributed by atoms with Crippen LogP contribution in [0.4, 0.5) is 39.5 Å². The average molecular weight is 777 g/mol. The lowest BCUT2D eigenvalue weighted by molar-refractivity contribution is -0.193. The highest BCUT2D eigenvalue weighted by molar-refractivity contribution is 5.90. The molecule has 2 aliphatic rings. The van der Waals surface area contributed by atoms with Crippen molar-refractivity contribution in [2.24, 2.45) is 0 Å². The maximum Gasteiger partial charge on any atom is 0.490 e. The molecule has 2 fully saturated rings. The maximum absolute atomic E-state index is 13.1. The Hall–Kier alpha value is -6.04. The first-order chi connectivity index (χ1) is 25.2. The second-order valence-corrected chi connectivity index (χ2v) is 11.8. The number of carboxylic acid groups (broad SMARTS) is 2. The van der Waals surface area contributed by atoms with Gasteiger partial charge in [0, 0.05) is 48.5 Å². The molecule has 24 heteroatoms. The van der Waals surface area contributed by atoms with Gasteiger partial charge in [-0.3, -0.25) is 9.58 Å². The van der Waals surface area contributed by atoms with Gasteiger partial charge in [0.05, 0.1) is 24.4 Å². The first kappa shape index (κ1) is 40.7. The molecule has 5 heterocycles. The van der Waals surface area contributed by atoms with Gasteiger partial charge in [-0.15, -0.1) is 0 Å². The number of ether oxygens (including phenoxy) is 1. The summed E-state index contributed by atoms with van der Waals surface area (Å²) in [5.74, 6) is -7.14. The van der Waals surface area contributed by atoms with E-state index in [4.69, 9.17) is 29.8 Å². The van der Waals surface area contributed by atoms with Crippen LogP contribution in [0.2, 0.25) is 0 Å². The summed E-state index contributed by atoms with van der Waals surface area (Å²) >= 11 is 0. The Morgan fingerprint density at radius 2 is 1.57 bits per heavy atom. The second kappa shape index (κ2) is 15.9. The number of hydrogen-bond acceptors (Lipinski definition) is 11. The standard InChI is InChI=1S/C26H23F3N10O.2C2HF3O2/c27-26(28,29)24-36-17(10-31)9-21(37-24)40-19-3-1-18(2-4-19)38-13-25(14-38,6-7-30)39-12-16(11-35-39)22-20-5-8-32-23(20)34-15-33-22;2*3-2(4,5)1(6)7/h5,8-9,11-12,15,18-19H,1-4,6,13-14H2,(H,32,33,34);2*(H,6,7). The Bertz CT molecular complexity index is 2010. The van der Waals surface area contributed by atoms with Crippen LogP contribution in [0, 0.1) is 22.7 Å². The van der Waals surface area contributed by atoms with E-state index in [0.29, 0.717) is 32.4 Å². The molecule has 1 aliphatic carbocycles. The highest BCUT2D eigenvalue weighted by atomic mass is 19.4. The predicted octanol–water partition coefficient (Wildman–Crippen LogP) is 5.08. The number of nitriles is 2. The van der Waals surface area contributed by atoms with Crippen LogP contribution in [0.15, 0.2) is 37.1 Å². The van der Waals surface area contributed by atoms with Crippen LogP contribution in [0.5, 0.6) is 5.88 Å². The van der Waals surface area contributed by atoms with Crippen LogP contribution >= 0.6 is 0 Å². The van der Waals surface area contributed by atoms with Crippen molar-refractivity contribution in [1.82, 2.24) is 39.6 Å². The fraction of sp³-hybridized carbons (Fsp3) is 0.433. The molecule has 1 saturated heterocycles. The zero-order valence-corrected chi connectivity index (χ0v) is 27.1. The van der Waals surface area contributed by atoms with E-state index in [0.717, 1.165) is 41.2 Å². The first-order valence-electron chi connectivity index (χ1n) is 15.2. The highest BCUT2D eigenvalue weighted by Crippen LogP contribution is 2.39. The Labute approximate surface area is 296 Å².